The van der Waals surface area contributed by atoms with E-state index in [1.165, 1.54) is 12.1 Å². The molecule has 0 heterocycles. The second-order valence-electron chi connectivity index (χ2n) is 6.02. The molecule has 6 heteroatoms. The molecular weight excluding hydrogens is 338 g/mol. The lowest BCUT2D eigenvalue weighted by atomic mass is 10.0. The maximum Gasteiger partial charge on any atom is 0.335 e. The first-order valence-electron chi connectivity index (χ1n) is 7.93. The van der Waals surface area contributed by atoms with E-state index in [9.17, 15) is 13.8 Å². The van der Waals surface area contributed by atoms with Crippen LogP contribution in [0.4, 0.5) is 5.69 Å². The van der Waals surface area contributed by atoms with Gasteiger partial charge in [-0.2, -0.15) is 0 Å². The maximum atomic E-state index is 12.2. The van der Waals surface area contributed by atoms with Gasteiger partial charge in [-0.15, -0.1) is 0 Å². The van der Waals surface area contributed by atoms with Gasteiger partial charge in [0.1, 0.15) is 5.75 Å². The zero-order valence-corrected chi connectivity index (χ0v) is 15.0. The van der Waals surface area contributed by atoms with Gasteiger partial charge in [-0.05, 0) is 35.2 Å². The number of rotatable bonds is 7. The van der Waals surface area contributed by atoms with E-state index in [1.807, 2.05) is 38.1 Å². The minimum atomic E-state index is -1.37. The van der Waals surface area contributed by atoms with E-state index in [0.717, 1.165) is 16.8 Å². The number of anilines is 1. The lowest BCUT2D eigenvalue weighted by Gasteiger charge is -2.13. The van der Waals surface area contributed by atoms with Crippen molar-refractivity contribution >= 4 is 28.4 Å². The van der Waals surface area contributed by atoms with Gasteiger partial charge in [0.25, 0.3) is 0 Å². The van der Waals surface area contributed by atoms with Crippen LogP contribution in [0.1, 0.15) is 41.3 Å². The molecule has 0 saturated carbocycles. The van der Waals surface area contributed by atoms with Crippen molar-refractivity contribution in [1.82, 2.24) is 0 Å². The molecule has 0 saturated heterocycles. The molecule has 0 aliphatic carbocycles. The van der Waals surface area contributed by atoms with E-state index in [1.54, 1.807) is 12.1 Å². The van der Waals surface area contributed by atoms with Crippen LogP contribution in [0.15, 0.2) is 48.5 Å². The van der Waals surface area contributed by atoms with Crippen LogP contribution in [-0.4, -0.2) is 26.9 Å². The Labute approximate surface area is 149 Å². The molecular formula is C19H21NO4S. The van der Waals surface area contributed by atoms with Crippen LogP contribution in [0.3, 0.4) is 0 Å². The van der Waals surface area contributed by atoms with Gasteiger partial charge in [0, 0.05) is 22.2 Å². The molecule has 1 amide bonds. The SMILES string of the molecule is CC(C)c1ccccc1NC(=O)CS(=O)Cc1ccc(C(=O)O)cc1. The van der Waals surface area contributed by atoms with Crippen molar-refractivity contribution in [2.45, 2.75) is 25.5 Å². The Hall–Kier alpha value is -2.47. The van der Waals surface area contributed by atoms with Gasteiger partial charge < -0.3 is 10.4 Å². The average Bonchev–Trinajstić information content (AvgIpc) is 2.55. The van der Waals surface area contributed by atoms with E-state index >= 15 is 0 Å². The van der Waals surface area contributed by atoms with Crippen LogP contribution in [0.25, 0.3) is 0 Å². The molecule has 0 radical (unpaired) electrons. The number of hydrogen-bond acceptors (Lipinski definition) is 3. The van der Waals surface area contributed by atoms with Crippen LogP contribution in [0.5, 0.6) is 0 Å². The number of carbonyl (C=O) groups excluding carboxylic acids is 1. The Kier molecular flexibility index (Phi) is 6.47. The summed E-state index contributed by atoms with van der Waals surface area (Å²) in [5.74, 6) is -0.925. The third-order valence-electron chi connectivity index (χ3n) is 3.68. The molecule has 2 aromatic carbocycles. The van der Waals surface area contributed by atoms with Gasteiger partial charge in [-0.1, -0.05) is 44.2 Å². The van der Waals surface area contributed by atoms with Crippen molar-refractivity contribution < 1.29 is 18.9 Å². The Bertz CT molecular complexity index is 784. The quantitative estimate of drug-likeness (QED) is 0.794. The average molecular weight is 359 g/mol. The fourth-order valence-electron chi connectivity index (χ4n) is 2.43. The fourth-order valence-corrected chi connectivity index (χ4v) is 3.46. The molecule has 0 aliphatic heterocycles. The highest BCUT2D eigenvalue weighted by Crippen LogP contribution is 2.23. The van der Waals surface area contributed by atoms with Crippen molar-refractivity contribution in [1.29, 1.82) is 0 Å². The van der Waals surface area contributed by atoms with Crippen LogP contribution < -0.4 is 5.32 Å². The monoisotopic (exact) mass is 359 g/mol. The molecule has 25 heavy (non-hydrogen) atoms. The largest absolute Gasteiger partial charge is 0.478 e. The summed E-state index contributed by atoms with van der Waals surface area (Å²) in [6.45, 7) is 4.09. The second-order valence-corrected chi connectivity index (χ2v) is 7.48. The number of benzene rings is 2. The minimum Gasteiger partial charge on any atom is -0.478 e. The van der Waals surface area contributed by atoms with Gasteiger partial charge in [-0.25, -0.2) is 4.79 Å². The predicted molar refractivity (Wildman–Crippen MR) is 99.3 cm³/mol. The highest BCUT2D eigenvalue weighted by molar-refractivity contribution is 7.84. The van der Waals surface area contributed by atoms with Crippen molar-refractivity contribution in [3.63, 3.8) is 0 Å². The topological polar surface area (TPSA) is 83.5 Å². The smallest absolute Gasteiger partial charge is 0.335 e. The van der Waals surface area contributed by atoms with E-state index in [4.69, 9.17) is 5.11 Å². The summed E-state index contributed by atoms with van der Waals surface area (Å²) in [4.78, 5) is 23.0. The minimum absolute atomic E-state index is 0.104. The van der Waals surface area contributed by atoms with Crippen LogP contribution in [0, 0.1) is 0 Å². The predicted octanol–water partition coefficient (Wildman–Crippen LogP) is 3.40. The van der Waals surface area contributed by atoms with Gasteiger partial charge in [0.15, 0.2) is 0 Å². The summed E-state index contributed by atoms with van der Waals surface area (Å²) in [5.41, 5.74) is 2.69. The zero-order chi connectivity index (χ0) is 18.4. The van der Waals surface area contributed by atoms with Crippen LogP contribution >= 0.6 is 0 Å². The lowest BCUT2D eigenvalue weighted by Crippen LogP contribution is -2.21. The number of nitrogens with one attached hydrogen (secondary N) is 1. The van der Waals surface area contributed by atoms with Crippen molar-refractivity contribution in [3.8, 4) is 0 Å². The molecule has 0 aliphatic rings. The number of amides is 1. The molecule has 0 bridgehead atoms. The van der Waals surface area contributed by atoms with Gasteiger partial charge in [0.05, 0.1) is 5.56 Å². The van der Waals surface area contributed by atoms with E-state index in [0.29, 0.717) is 0 Å². The molecule has 1 unspecified atom stereocenters. The first-order chi connectivity index (χ1) is 11.9. The normalized spacial score (nSPS) is 12.0. The van der Waals surface area contributed by atoms with E-state index in [-0.39, 0.29) is 28.9 Å². The van der Waals surface area contributed by atoms with Crippen LogP contribution in [-0.2, 0) is 21.3 Å². The van der Waals surface area contributed by atoms with E-state index < -0.39 is 16.8 Å². The summed E-state index contributed by atoms with van der Waals surface area (Å²) in [7, 11) is -1.37. The van der Waals surface area contributed by atoms with Gasteiger partial charge >= 0.3 is 5.97 Å². The number of carbonyl (C=O) groups is 2. The number of carboxylic acids is 1. The summed E-state index contributed by atoms with van der Waals surface area (Å²) >= 11 is 0. The second kappa shape index (κ2) is 8.58. The number of para-hydroxylation sites is 1. The molecule has 1 atom stereocenters. The first-order valence-corrected chi connectivity index (χ1v) is 9.41. The molecule has 2 N–H and O–H groups in total. The third kappa shape index (κ3) is 5.53. The first kappa shape index (κ1) is 18.9. The maximum absolute atomic E-state index is 12.2. The molecule has 5 nitrogen and oxygen atoms in total. The Balaban J connectivity index is 1.94. The van der Waals surface area contributed by atoms with Crippen molar-refractivity contribution in [3.05, 3.63) is 65.2 Å². The lowest BCUT2D eigenvalue weighted by molar-refractivity contribution is -0.113. The standard InChI is InChI=1S/C19H21NO4S/c1-13(2)16-5-3-4-6-17(16)20-18(21)12-25(24)11-14-7-9-15(10-8-14)19(22)23/h3-10,13H,11-12H2,1-2H3,(H,20,21)(H,22,23). The summed E-state index contributed by atoms with van der Waals surface area (Å²) < 4.78 is 12.2. The number of carboxylic acid groups (broad SMARTS) is 1. The molecule has 132 valence electrons. The van der Waals surface area contributed by atoms with Crippen LogP contribution in [0.2, 0.25) is 0 Å². The van der Waals surface area contributed by atoms with Crippen molar-refractivity contribution in [2.75, 3.05) is 11.1 Å². The number of hydrogen-bond donors (Lipinski definition) is 2. The van der Waals surface area contributed by atoms with Crippen molar-refractivity contribution in [2.24, 2.45) is 0 Å². The summed E-state index contributed by atoms with van der Waals surface area (Å²) in [5, 5.41) is 11.7. The Morgan fingerprint density at radius 1 is 1.08 bits per heavy atom. The molecule has 0 spiro atoms. The fraction of sp³-hybridized carbons (Fsp3) is 0.263. The Morgan fingerprint density at radius 3 is 2.32 bits per heavy atom. The molecule has 0 aromatic heterocycles. The van der Waals surface area contributed by atoms with Gasteiger partial charge in [0.2, 0.25) is 5.91 Å². The highest BCUT2D eigenvalue weighted by atomic mass is 32.2. The summed E-state index contributed by atoms with van der Waals surface area (Å²) in [6.07, 6.45) is 0. The number of aromatic carboxylic acids is 1. The molecule has 0 fully saturated rings. The van der Waals surface area contributed by atoms with E-state index in [2.05, 4.69) is 5.32 Å². The molecule has 2 aromatic rings. The Morgan fingerprint density at radius 2 is 1.72 bits per heavy atom. The zero-order valence-electron chi connectivity index (χ0n) is 14.2. The molecule has 2 rings (SSSR count). The van der Waals surface area contributed by atoms with Gasteiger partial charge in [-0.3, -0.25) is 9.00 Å². The summed E-state index contributed by atoms with van der Waals surface area (Å²) in [6, 6.07) is 13.7. The third-order valence-corrected chi connectivity index (χ3v) is 4.92. The highest BCUT2D eigenvalue weighted by Gasteiger charge is 2.13.